The van der Waals surface area contributed by atoms with E-state index in [-0.39, 0.29) is 16.4 Å². The van der Waals surface area contributed by atoms with Crippen LogP contribution in [0, 0.1) is 11.7 Å². The molecular weight excluding hydrogens is 426 g/mol. The first-order valence-corrected chi connectivity index (χ1v) is 10.8. The van der Waals surface area contributed by atoms with E-state index in [1.807, 2.05) is 13.1 Å². The highest BCUT2D eigenvalue weighted by molar-refractivity contribution is 6.31. The molecule has 1 saturated heterocycles. The van der Waals surface area contributed by atoms with Crippen molar-refractivity contribution in [3.8, 4) is 5.69 Å². The number of benzene rings is 1. The van der Waals surface area contributed by atoms with Crippen molar-refractivity contribution in [2.45, 2.75) is 19.5 Å². The van der Waals surface area contributed by atoms with Crippen molar-refractivity contribution < 1.29 is 4.39 Å². The molecule has 5 nitrogen and oxygen atoms in total. The zero-order chi connectivity index (χ0) is 21.4. The van der Waals surface area contributed by atoms with Gasteiger partial charge in [-0.3, -0.25) is 19.3 Å². The molecule has 1 aromatic carbocycles. The summed E-state index contributed by atoms with van der Waals surface area (Å²) in [5.41, 5.74) is 1.06. The number of aromatic nitrogens is 2. The Bertz CT molecular complexity index is 1030. The minimum atomic E-state index is -0.343. The number of rotatable bonds is 4. The molecular formula is C22H25Cl2FN4O. The van der Waals surface area contributed by atoms with Crippen LogP contribution in [0.15, 0.2) is 52.3 Å². The van der Waals surface area contributed by atoms with Gasteiger partial charge >= 0.3 is 0 Å². The molecule has 30 heavy (non-hydrogen) atoms. The van der Waals surface area contributed by atoms with Crippen molar-refractivity contribution in [2.75, 3.05) is 26.2 Å². The predicted octanol–water partition coefficient (Wildman–Crippen LogP) is 3.78. The maximum atomic E-state index is 13.3. The van der Waals surface area contributed by atoms with Gasteiger partial charge < -0.3 is 0 Å². The second-order valence-corrected chi connectivity index (χ2v) is 8.76. The molecule has 2 aliphatic rings. The third-order valence-corrected chi connectivity index (χ3v) is 6.66. The topological polar surface area (TPSA) is 33.4 Å². The smallest absolute Gasteiger partial charge is 0.290 e. The van der Waals surface area contributed by atoms with Crippen LogP contribution in [0.25, 0.3) is 5.69 Å². The van der Waals surface area contributed by atoms with Crippen molar-refractivity contribution in [2.24, 2.45) is 13.0 Å². The van der Waals surface area contributed by atoms with E-state index in [0.29, 0.717) is 24.2 Å². The zero-order valence-corrected chi connectivity index (χ0v) is 18.6. The molecule has 1 aliphatic carbocycles. The first-order valence-electron chi connectivity index (χ1n) is 10.1. The summed E-state index contributed by atoms with van der Waals surface area (Å²) in [6.45, 7) is 6.40. The molecule has 1 aliphatic heterocycles. The second kappa shape index (κ2) is 8.71. The molecule has 160 valence electrons. The molecule has 0 bridgehead atoms. The Hall–Kier alpha value is -1.86. The van der Waals surface area contributed by atoms with Gasteiger partial charge in [-0.05, 0) is 42.3 Å². The standard InChI is InChI=1S/C22H25Cl2FN4O/c1-15-3-4-16(23)13-19(15)28-11-9-27(10-12-28)14-20-21(24)22(30)29(26(20)2)18-7-5-17(25)6-8-18/h3-8,13,15,19H,9-12,14H2,1-2H3. The lowest BCUT2D eigenvalue weighted by atomic mass is 9.95. The van der Waals surface area contributed by atoms with Crippen LogP contribution in [-0.4, -0.2) is 51.4 Å². The van der Waals surface area contributed by atoms with E-state index in [0.717, 1.165) is 36.9 Å². The van der Waals surface area contributed by atoms with E-state index in [1.165, 1.54) is 16.8 Å². The summed E-state index contributed by atoms with van der Waals surface area (Å²) in [6, 6.07) is 6.15. The summed E-state index contributed by atoms with van der Waals surface area (Å²) in [7, 11) is 1.81. The third kappa shape index (κ3) is 4.14. The SMILES string of the molecule is CC1C=CC(Cl)=CC1N1CCN(Cc2c(Cl)c(=O)n(-c3ccc(F)cc3)n2C)CC1. The van der Waals surface area contributed by atoms with Crippen molar-refractivity contribution in [1.82, 2.24) is 19.2 Å². The van der Waals surface area contributed by atoms with Gasteiger partial charge in [0, 0.05) is 50.8 Å². The van der Waals surface area contributed by atoms with Gasteiger partial charge in [0.1, 0.15) is 10.8 Å². The van der Waals surface area contributed by atoms with E-state index < -0.39 is 0 Å². The quantitative estimate of drug-likeness (QED) is 0.710. The van der Waals surface area contributed by atoms with Crippen LogP contribution in [0.3, 0.4) is 0 Å². The van der Waals surface area contributed by atoms with Gasteiger partial charge in [-0.15, -0.1) is 0 Å². The predicted molar refractivity (Wildman–Crippen MR) is 119 cm³/mol. The molecule has 0 amide bonds. The number of allylic oxidation sites excluding steroid dienone is 2. The first kappa shape index (κ1) is 21.4. The third-order valence-electron chi connectivity index (χ3n) is 6.02. The van der Waals surface area contributed by atoms with Crippen LogP contribution in [0.5, 0.6) is 0 Å². The minimum absolute atomic E-state index is 0.213. The highest BCUT2D eigenvalue weighted by atomic mass is 35.5. The number of hydrogen-bond donors (Lipinski definition) is 0. The fraction of sp³-hybridized carbons (Fsp3) is 0.409. The Morgan fingerprint density at radius 3 is 2.43 bits per heavy atom. The molecule has 8 heteroatoms. The van der Waals surface area contributed by atoms with Gasteiger partial charge in [0.15, 0.2) is 0 Å². The van der Waals surface area contributed by atoms with Gasteiger partial charge in [0.25, 0.3) is 5.56 Å². The highest BCUT2D eigenvalue weighted by Crippen LogP contribution is 2.25. The van der Waals surface area contributed by atoms with Crippen LogP contribution in [-0.2, 0) is 13.6 Å². The van der Waals surface area contributed by atoms with Crippen LogP contribution >= 0.6 is 23.2 Å². The Balaban J connectivity index is 1.47. The second-order valence-electron chi connectivity index (χ2n) is 7.95. The lowest BCUT2D eigenvalue weighted by molar-refractivity contribution is 0.0933. The summed E-state index contributed by atoms with van der Waals surface area (Å²) >= 11 is 12.6. The molecule has 2 heterocycles. The molecule has 0 spiro atoms. The Morgan fingerprint density at radius 1 is 1.10 bits per heavy atom. The fourth-order valence-electron chi connectivity index (χ4n) is 4.26. The lowest BCUT2D eigenvalue weighted by Crippen LogP contribution is -2.51. The van der Waals surface area contributed by atoms with E-state index in [9.17, 15) is 9.18 Å². The normalized spacial score (nSPS) is 23.0. The average Bonchev–Trinajstić information content (AvgIpc) is 2.94. The summed E-state index contributed by atoms with van der Waals surface area (Å²) < 4.78 is 16.5. The van der Waals surface area contributed by atoms with Gasteiger partial charge in [0.05, 0.1) is 11.4 Å². The van der Waals surface area contributed by atoms with Crippen molar-refractivity contribution in [3.63, 3.8) is 0 Å². The van der Waals surface area contributed by atoms with E-state index in [2.05, 4.69) is 28.9 Å². The van der Waals surface area contributed by atoms with E-state index in [4.69, 9.17) is 23.2 Å². The Kier molecular flexibility index (Phi) is 6.21. The van der Waals surface area contributed by atoms with Crippen LogP contribution in [0.1, 0.15) is 12.6 Å². The lowest BCUT2D eigenvalue weighted by Gasteiger charge is -2.40. The molecule has 4 rings (SSSR count). The van der Waals surface area contributed by atoms with Crippen molar-refractivity contribution in [3.05, 3.63) is 74.4 Å². The molecule has 0 saturated carbocycles. The molecule has 2 aromatic rings. The number of hydrogen-bond acceptors (Lipinski definition) is 3. The largest absolute Gasteiger partial charge is 0.295 e. The Labute approximate surface area is 185 Å². The fourth-order valence-corrected chi connectivity index (χ4v) is 4.72. The maximum absolute atomic E-state index is 13.3. The number of piperazine rings is 1. The molecule has 2 unspecified atom stereocenters. The molecule has 1 aromatic heterocycles. The van der Waals surface area contributed by atoms with Gasteiger partial charge in [0.2, 0.25) is 0 Å². The van der Waals surface area contributed by atoms with Crippen molar-refractivity contribution >= 4 is 23.2 Å². The van der Waals surface area contributed by atoms with E-state index in [1.54, 1.807) is 16.8 Å². The summed E-state index contributed by atoms with van der Waals surface area (Å²) in [5, 5.41) is 1.01. The average molecular weight is 451 g/mol. The monoisotopic (exact) mass is 450 g/mol. The summed E-state index contributed by atoms with van der Waals surface area (Å²) in [4.78, 5) is 17.5. The number of halogens is 3. The van der Waals surface area contributed by atoms with Crippen LogP contribution in [0.4, 0.5) is 4.39 Å². The molecule has 2 atom stereocenters. The minimum Gasteiger partial charge on any atom is -0.295 e. The van der Waals surface area contributed by atoms with Crippen LogP contribution < -0.4 is 5.56 Å². The molecule has 1 fully saturated rings. The van der Waals surface area contributed by atoms with Gasteiger partial charge in [-0.25, -0.2) is 9.07 Å². The Morgan fingerprint density at radius 2 is 1.77 bits per heavy atom. The van der Waals surface area contributed by atoms with E-state index >= 15 is 0 Å². The summed E-state index contributed by atoms with van der Waals surface area (Å²) in [5.74, 6) is 0.0863. The zero-order valence-electron chi connectivity index (χ0n) is 17.1. The number of nitrogens with zero attached hydrogens (tertiary/aromatic N) is 4. The van der Waals surface area contributed by atoms with Gasteiger partial charge in [-0.1, -0.05) is 36.2 Å². The molecule has 0 N–H and O–H groups in total. The first-order chi connectivity index (χ1) is 14.3. The summed E-state index contributed by atoms with van der Waals surface area (Å²) in [6.07, 6.45) is 6.26. The molecule has 0 radical (unpaired) electrons. The highest BCUT2D eigenvalue weighted by Gasteiger charge is 2.28. The van der Waals surface area contributed by atoms with Gasteiger partial charge in [-0.2, -0.15) is 0 Å². The maximum Gasteiger partial charge on any atom is 0.290 e. The van der Waals surface area contributed by atoms with Crippen LogP contribution in [0.2, 0.25) is 5.02 Å². The van der Waals surface area contributed by atoms with Crippen molar-refractivity contribution in [1.29, 1.82) is 0 Å².